The minimum absolute atomic E-state index is 0.00666. The largest absolute Gasteiger partial charge is 0.462 e. The van der Waals surface area contributed by atoms with Crippen LogP contribution in [0, 0.1) is 29.6 Å². The van der Waals surface area contributed by atoms with Crippen LogP contribution in [0.2, 0.25) is 0 Å². The lowest BCUT2D eigenvalue weighted by Crippen LogP contribution is -2.42. The van der Waals surface area contributed by atoms with E-state index in [0.29, 0.717) is 24.2 Å². The smallest absolute Gasteiger partial charge is 0.309 e. The zero-order valence-electron chi connectivity index (χ0n) is 20.3. The summed E-state index contributed by atoms with van der Waals surface area (Å²) in [6.07, 6.45) is 12.7. The van der Waals surface area contributed by atoms with Crippen molar-refractivity contribution in [3.63, 3.8) is 0 Å². The number of rotatable bonds is 9. The number of aliphatic hydroxyl groups is 1. The average molecular weight is 447 g/mol. The summed E-state index contributed by atoms with van der Waals surface area (Å²) < 4.78 is 11.8. The fourth-order valence-corrected chi connectivity index (χ4v) is 5.96. The van der Waals surface area contributed by atoms with Crippen LogP contribution in [0.3, 0.4) is 0 Å². The summed E-state index contributed by atoms with van der Waals surface area (Å²) in [5, 5.41) is 9.96. The van der Waals surface area contributed by atoms with E-state index in [0.717, 1.165) is 44.9 Å². The van der Waals surface area contributed by atoms with Gasteiger partial charge in [-0.2, -0.15) is 0 Å². The number of hydrogen-bond donors (Lipinski definition) is 1. The van der Waals surface area contributed by atoms with Gasteiger partial charge in [0.05, 0.1) is 18.4 Å². The molecular weight excluding hydrogens is 404 g/mol. The number of carbonyl (C=O) groups excluding carboxylic acids is 2. The van der Waals surface area contributed by atoms with Crippen molar-refractivity contribution in [3.8, 4) is 0 Å². The molecule has 3 aliphatic rings. The molecule has 2 aliphatic carbocycles. The van der Waals surface area contributed by atoms with Gasteiger partial charge in [0, 0.05) is 12.3 Å². The lowest BCUT2D eigenvalue weighted by Gasteiger charge is -2.43. The molecule has 1 aliphatic heterocycles. The fraction of sp³-hybridized carbons (Fsp3) is 0.778. The first kappa shape index (κ1) is 25.0. The Morgan fingerprint density at radius 1 is 1.19 bits per heavy atom. The summed E-state index contributed by atoms with van der Waals surface area (Å²) in [7, 11) is 0. The predicted molar refractivity (Wildman–Crippen MR) is 125 cm³/mol. The van der Waals surface area contributed by atoms with Crippen LogP contribution in [0.4, 0.5) is 0 Å². The van der Waals surface area contributed by atoms with Crippen LogP contribution in [0.1, 0.15) is 85.5 Å². The lowest BCUT2D eigenvalue weighted by atomic mass is 9.65. The lowest BCUT2D eigenvalue weighted by molar-refractivity contribution is -0.162. The molecule has 32 heavy (non-hydrogen) atoms. The number of esters is 2. The van der Waals surface area contributed by atoms with E-state index in [1.807, 2.05) is 0 Å². The maximum absolute atomic E-state index is 13.1. The molecule has 0 aromatic heterocycles. The van der Waals surface area contributed by atoms with Gasteiger partial charge >= 0.3 is 11.9 Å². The summed E-state index contributed by atoms with van der Waals surface area (Å²) in [4.78, 5) is 24.8. The van der Waals surface area contributed by atoms with Gasteiger partial charge < -0.3 is 14.6 Å². The van der Waals surface area contributed by atoms with Crippen LogP contribution >= 0.6 is 0 Å². The molecule has 180 valence electrons. The van der Waals surface area contributed by atoms with Gasteiger partial charge in [-0.05, 0) is 55.4 Å². The highest BCUT2D eigenvalue weighted by Gasteiger charge is 2.42. The number of allylic oxidation sites excluding steroid dienone is 3. The van der Waals surface area contributed by atoms with Crippen LogP contribution in [0.5, 0.6) is 0 Å². The van der Waals surface area contributed by atoms with Crippen LogP contribution in [0.15, 0.2) is 23.8 Å². The second kappa shape index (κ2) is 11.5. The summed E-state index contributed by atoms with van der Waals surface area (Å²) >= 11 is 0. The highest BCUT2D eigenvalue weighted by atomic mass is 16.5. The van der Waals surface area contributed by atoms with Crippen molar-refractivity contribution < 1.29 is 24.2 Å². The van der Waals surface area contributed by atoms with Gasteiger partial charge in [-0.3, -0.25) is 9.59 Å². The standard InChI is InChI=1S/C27H42O5/c1-5-7-19(8-6-2)27(30)32-24-14-17(3)13-20-10-9-18(4)23(26(20)24)12-11-22-15-21(28)16-25(29)31-22/h9-10,13,17-19,21-24,26,28H,5-8,11-12,14-16H2,1-4H3/t17-,18-,21+,22+,23-,24-,26?/m0/s1. The minimum Gasteiger partial charge on any atom is -0.462 e. The first-order chi connectivity index (χ1) is 15.3. The Hall–Kier alpha value is -1.62. The van der Waals surface area contributed by atoms with Gasteiger partial charge in [0.1, 0.15) is 12.2 Å². The van der Waals surface area contributed by atoms with E-state index in [9.17, 15) is 14.7 Å². The average Bonchev–Trinajstić information content (AvgIpc) is 2.72. The van der Waals surface area contributed by atoms with Crippen LogP contribution in [-0.2, 0) is 19.1 Å². The van der Waals surface area contributed by atoms with E-state index in [2.05, 4.69) is 45.9 Å². The molecule has 1 unspecified atom stereocenters. The molecule has 0 saturated carbocycles. The molecule has 0 amide bonds. The monoisotopic (exact) mass is 446 g/mol. The molecule has 0 spiro atoms. The van der Waals surface area contributed by atoms with Crippen LogP contribution in [0.25, 0.3) is 0 Å². The van der Waals surface area contributed by atoms with E-state index < -0.39 is 6.10 Å². The molecule has 0 aromatic rings. The van der Waals surface area contributed by atoms with E-state index in [1.54, 1.807) is 0 Å². The molecule has 5 heteroatoms. The van der Waals surface area contributed by atoms with E-state index in [-0.39, 0.29) is 42.4 Å². The quantitative estimate of drug-likeness (QED) is 0.482. The van der Waals surface area contributed by atoms with Crippen molar-refractivity contribution in [3.05, 3.63) is 23.8 Å². The highest BCUT2D eigenvalue weighted by Crippen LogP contribution is 2.45. The maximum Gasteiger partial charge on any atom is 0.309 e. The zero-order valence-corrected chi connectivity index (χ0v) is 20.3. The molecule has 1 heterocycles. The summed E-state index contributed by atoms with van der Waals surface area (Å²) in [5.74, 6) is 0.904. The first-order valence-electron chi connectivity index (χ1n) is 12.8. The Morgan fingerprint density at radius 3 is 2.56 bits per heavy atom. The fourth-order valence-electron chi connectivity index (χ4n) is 5.96. The third-order valence-electron chi connectivity index (χ3n) is 7.53. The zero-order chi connectivity index (χ0) is 23.3. The number of fused-ring (bicyclic) bond motifs is 1. The van der Waals surface area contributed by atoms with E-state index in [1.165, 1.54) is 5.57 Å². The second-order valence-electron chi connectivity index (χ2n) is 10.3. The van der Waals surface area contributed by atoms with Crippen molar-refractivity contribution in [2.24, 2.45) is 29.6 Å². The van der Waals surface area contributed by atoms with Crippen molar-refractivity contribution in [1.82, 2.24) is 0 Å². The van der Waals surface area contributed by atoms with E-state index in [4.69, 9.17) is 9.47 Å². The Balaban J connectivity index is 1.74. The van der Waals surface area contributed by atoms with Crippen molar-refractivity contribution in [1.29, 1.82) is 0 Å². The summed E-state index contributed by atoms with van der Waals surface area (Å²) in [6, 6.07) is 0. The van der Waals surface area contributed by atoms with Gasteiger partial charge in [-0.25, -0.2) is 0 Å². The topological polar surface area (TPSA) is 72.8 Å². The molecule has 0 aromatic carbocycles. The van der Waals surface area contributed by atoms with Crippen molar-refractivity contribution in [2.45, 2.75) is 104 Å². The SMILES string of the molecule is CCCC(CCC)C(=O)O[C@H]1C[C@@H](C)C=C2C=C[C@H](C)[C@H](CC[C@@H]3C[C@@H](O)CC(=O)O3)C21. The molecule has 1 saturated heterocycles. The van der Waals surface area contributed by atoms with E-state index >= 15 is 0 Å². The highest BCUT2D eigenvalue weighted by molar-refractivity contribution is 5.72. The number of aliphatic hydroxyl groups excluding tert-OH is 1. The molecule has 3 rings (SSSR count). The number of ether oxygens (including phenoxy) is 2. The molecule has 1 N–H and O–H groups in total. The van der Waals surface area contributed by atoms with Gasteiger partial charge in [-0.1, -0.05) is 58.8 Å². The van der Waals surface area contributed by atoms with Crippen LogP contribution in [-0.4, -0.2) is 35.4 Å². The predicted octanol–water partition coefficient (Wildman–Crippen LogP) is 5.37. The number of carbonyl (C=O) groups is 2. The van der Waals surface area contributed by atoms with Gasteiger partial charge in [0.15, 0.2) is 0 Å². The third-order valence-corrected chi connectivity index (χ3v) is 7.53. The molecular formula is C27H42O5. The Kier molecular flexibility index (Phi) is 8.98. The van der Waals surface area contributed by atoms with Gasteiger partial charge in [-0.15, -0.1) is 0 Å². The van der Waals surface area contributed by atoms with Crippen molar-refractivity contribution in [2.75, 3.05) is 0 Å². The van der Waals surface area contributed by atoms with Crippen LogP contribution < -0.4 is 0 Å². The number of hydrogen-bond acceptors (Lipinski definition) is 5. The molecule has 5 nitrogen and oxygen atoms in total. The Morgan fingerprint density at radius 2 is 1.91 bits per heavy atom. The summed E-state index contributed by atoms with van der Waals surface area (Å²) in [6.45, 7) is 8.67. The second-order valence-corrected chi connectivity index (χ2v) is 10.3. The normalized spacial score (nSPS) is 34.6. The molecule has 7 atom stereocenters. The Bertz CT molecular complexity index is 705. The first-order valence-corrected chi connectivity index (χ1v) is 12.8. The van der Waals surface area contributed by atoms with Gasteiger partial charge in [0.25, 0.3) is 0 Å². The number of cyclic esters (lactones) is 1. The molecule has 1 fully saturated rings. The third kappa shape index (κ3) is 6.24. The van der Waals surface area contributed by atoms with Crippen molar-refractivity contribution >= 4 is 11.9 Å². The maximum atomic E-state index is 13.1. The van der Waals surface area contributed by atoms with Gasteiger partial charge in [0.2, 0.25) is 0 Å². The summed E-state index contributed by atoms with van der Waals surface area (Å²) in [5.41, 5.74) is 1.29. The molecule has 0 bridgehead atoms. The minimum atomic E-state index is -0.598. The molecule has 0 radical (unpaired) electrons. The Labute approximate surface area is 193 Å².